The Balaban J connectivity index is 1.50. The number of amides is 1. The number of rotatable bonds is 5. The Hall–Kier alpha value is -2.73. The van der Waals surface area contributed by atoms with Crippen LogP contribution in [0.25, 0.3) is 0 Å². The van der Waals surface area contributed by atoms with Gasteiger partial charge in [0.25, 0.3) is 0 Å². The van der Waals surface area contributed by atoms with Gasteiger partial charge in [-0.2, -0.15) is 0 Å². The van der Waals surface area contributed by atoms with Gasteiger partial charge in [0.15, 0.2) is 6.61 Å². The highest BCUT2D eigenvalue weighted by molar-refractivity contribution is 6.30. The normalized spacial score (nSPS) is 14.0. The van der Waals surface area contributed by atoms with Crippen molar-refractivity contribution in [1.82, 2.24) is 4.90 Å². The fourth-order valence-corrected chi connectivity index (χ4v) is 3.30. The van der Waals surface area contributed by atoms with E-state index >= 15 is 0 Å². The average molecular weight is 403 g/mol. The van der Waals surface area contributed by atoms with E-state index in [-0.39, 0.29) is 12.5 Å². The molecule has 1 heterocycles. The van der Waals surface area contributed by atoms with Crippen molar-refractivity contribution in [2.75, 3.05) is 37.7 Å². The van der Waals surface area contributed by atoms with Crippen LogP contribution in [0.15, 0.2) is 42.5 Å². The summed E-state index contributed by atoms with van der Waals surface area (Å²) < 4.78 is 10.8. The maximum atomic E-state index is 12.0. The summed E-state index contributed by atoms with van der Waals surface area (Å²) in [6, 6.07) is 12.6. The minimum atomic E-state index is -0.475. The molecule has 0 saturated carbocycles. The summed E-state index contributed by atoms with van der Waals surface area (Å²) >= 11 is 5.91. The van der Waals surface area contributed by atoms with Crippen LogP contribution in [0.1, 0.15) is 12.5 Å². The van der Waals surface area contributed by atoms with Crippen molar-refractivity contribution in [3.63, 3.8) is 0 Å². The van der Waals surface area contributed by atoms with Gasteiger partial charge in [-0.1, -0.05) is 11.6 Å². The van der Waals surface area contributed by atoms with Crippen LogP contribution in [0.3, 0.4) is 0 Å². The van der Waals surface area contributed by atoms with Gasteiger partial charge in [0.1, 0.15) is 11.5 Å². The van der Waals surface area contributed by atoms with Crippen LogP contribution in [-0.2, 0) is 9.59 Å². The number of piperazine rings is 1. The fourth-order valence-electron chi connectivity index (χ4n) is 3.08. The zero-order valence-electron chi connectivity index (χ0n) is 16.0. The summed E-state index contributed by atoms with van der Waals surface area (Å²) in [7, 11) is 0. The molecule has 1 amide bonds. The molecule has 2 aromatic rings. The molecule has 28 heavy (non-hydrogen) atoms. The molecule has 2 aromatic carbocycles. The van der Waals surface area contributed by atoms with Crippen LogP contribution in [-0.4, -0.2) is 49.6 Å². The maximum Gasteiger partial charge on any atom is 0.349 e. The highest BCUT2D eigenvalue weighted by atomic mass is 35.5. The van der Waals surface area contributed by atoms with Crippen LogP contribution in [0, 0.1) is 6.92 Å². The fraction of sp³-hybridized carbons (Fsp3) is 0.333. The third-order valence-corrected chi connectivity index (χ3v) is 4.88. The summed E-state index contributed by atoms with van der Waals surface area (Å²) in [6.45, 7) is 6.27. The summed E-state index contributed by atoms with van der Waals surface area (Å²) in [5, 5.41) is 0.621. The molecule has 0 bridgehead atoms. The van der Waals surface area contributed by atoms with E-state index in [1.54, 1.807) is 37.3 Å². The van der Waals surface area contributed by atoms with Crippen molar-refractivity contribution in [3.8, 4) is 11.5 Å². The van der Waals surface area contributed by atoms with Crippen molar-refractivity contribution in [1.29, 1.82) is 0 Å². The lowest BCUT2D eigenvalue weighted by atomic mass is 10.2. The van der Waals surface area contributed by atoms with Crippen LogP contribution >= 0.6 is 11.6 Å². The SMILES string of the molecule is CC(=O)N1CCN(c2ccc(OC(=O)COc3ccc(Cl)cc3C)cc2)CC1. The number of anilines is 1. The predicted octanol–water partition coefficient (Wildman–Crippen LogP) is 3.30. The second-order valence-corrected chi connectivity index (χ2v) is 7.10. The number of carbonyl (C=O) groups is 2. The van der Waals surface area contributed by atoms with Crippen LogP contribution < -0.4 is 14.4 Å². The molecule has 6 nitrogen and oxygen atoms in total. The van der Waals surface area contributed by atoms with Gasteiger partial charge in [0.2, 0.25) is 5.91 Å². The van der Waals surface area contributed by atoms with Crippen LogP contribution in [0.2, 0.25) is 5.02 Å². The Morgan fingerprint density at radius 3 is 2.32 bits per heavy atom. The Labute approximate surface area is 169 Å². The molecule has 1 aliphatic rings. The van der Waals surface area contributed by atoms with Crippen LogP contribution in [0.4, 0.5) is 5.69 Å². The van der Waals surface area contributed by atoms with Gasteiger partial charge < -0.3 is 19.3 Å². The van der Waals surface area contributed by atoms with Gasteiger partial charge in [-0.25, -0.2) is 4.79 Å². The van der Waals surface area contributed by atoms with Crippen molar-refractivity contribution >= 4 is 29.2 Å². The summed E-state index contributed by atoms with van der Waals surface area (Å²) in [5.41, 5.74) is 1.89. The van der Waals surface area contributed by atoms with Gasteiger partial charge in [-0.3, -0.25) is 4.79 Å². The first kappa shape index (κ1) is 20.0. The smallest absolute Gasteiger partial charge is 0.349 e. The summed E-state index contributed by atoms with van der Waals surface area (Å²) in [6.07, 6.45) is 0. The van der Waals surface area contributed by atoms with E-state index in [1.807, 2.05) is 24.0 Å². The van der Waals surface area contributed by atoms with Gasteiger partial charge in [0, 0.05) is 43.8 Å². The van der Waals surface area contributed by atoms with E-state index < -0.39 is 5.97 Å². The Morgan fingerprint density at radius 2 is 1.71 bits per heavy atom. The van der Waals surface area contributed by atoms with Gasteiger partial charge in [0.05, 0.1) is 0 Å². The van der Waals surface area contributed by atoms with E-state index in [0.717, 1.165) is 24.3 Å². The molecule has 0 radical (unpaired) electrons. The molecule has 1 fully saturated rings. The molecule has 0 aromatic heterocycles. The lowest BCUT2D eigenvalue weighted by molar-refractivity contribution is -0.136. The number of aryl methyl sites for hydroxylation is 1. The summed E-state index contributed by atoms with van der Waals surface area (Å²) in [5.74, 6) is 0.698. The quantitative estimate of drug-likeness (QED) is 0.567. The molecule has 0 aliphatic carbocycles. The third-order valence-electron chi connectivity index (χ3n) is 4.64. The van der Waals surface area contributed by atoms with E-state index in [0.29, 0.717) is 29.6 Å². The standard InChI is InChI=1S/C21H23ClN2O4/c1-15-13-17(22)3-8-20(15)27-14-21(26)28-19-6-4-18(5-7-19)24-11-9-23(10-12-24)16(2)25/h3-8,13H,9-12,14H2,1-2H3. The lowest BCUT2D eigenvalue weighted by Crippen LogP contribution is -2.48. The van der Waals surface area contributed by atoms with E-state index in [4.69, 9.17) is 21.1 Å². The van der Waals surface area contributed by atoms with E-state index in [2.05, 4.69) is 4.90 Å². The largest absolute Gasteiger partial charge is 0.482 e. The van der Waals surface area contributed by atoms with Gasteiger partial charge >= 0.3 is 5.97 Å². The molecular weight excluding hydrogens is 380 g/mol. The van der Waals surface area contributed by atoms with Crippen molar-refractivity contribution < 1.29 is 19.1 Å². The first-order chi connectivity index (χ1) is 13.4. The van der Waals surface area contributed by atoms with Crippen molar-refractivity contribution in [2.45, 2.75) is 13.8 Å². The number of hydrogen-bond acceptors (Lipinski definition) is 5. The zero-order chi connectivity index (χ0) is 20.1. The number of halogens is 1. The first-order valence-corrected chi connectivity index (χ1v) is 9.50. The number of benzene rings is 2. The topological polar surface area (TPSA) is 59.1 Å². The molecule has 3 rings (SSSR count). The lowest BCUT2D eigenvalue weighted by Gasteiger charge is -2.35. The van der Waals surface area contributed by atoms with Gasteiger partial charge in [-0.15, -0.1) is 0 Å². The molecule has 1 aliphatic heterocycles. The second kappa shape index (κ2) is 8.97. The Bertz CT molecular complexity index is 846. The highest BCUT2D eigenvalue weighted by Gasteiger charge is 2.18. The Kier molecular flexibility index (Phi) is 6.41. The first-order valence-electron chi connectivity index (χ1n) is 9.12. The molecule has 148 valence electrons. The van der Waals surface area contributed by atoms with Crippen LogP contribution in [0.5, 0.6) is 11.5 Å². The predicted molar refractivity (Wildman–Crippen MR) is 108 cm³/mol. The molecule has 0 N–H and O–H groups in total. The third kappa shape index (κ3) is 5.16. The average Bonchev–Trinajstić information content (AvgIpc) is 2.68. The minimum absolute atomic E-state index is 0.109. The molecule has 0 unspecified atom stereocenters. The minimum Gasteiger partial charge on any atom is -0.482 e. The van der Waals surface area contributed by atoms with Crippen molar-refractivity contribution in [2.24, 2.45) is 0 Å². The molecule has 0 atom stereocenters. The molecule has 0 spiro atoms. The molecule has 7 heteroatoms. The number of ether oxygens (including phenoxy) is 2. The second-order valence-electron chi connectivity index (χ2n) is 6.66. The number of hydrogen-bond donors (Lipinski definition) is 0. The number of esters is 1. The monoisotopic (exact) mass is 402 g/mol. The summed E-state index contributed by atoms with van der Waals surface area (Å²) in [4.78, 5) is 27.5. The molecule has 1 saturated heterocycles. The molecular formula is C21H23ClN2O4. The highest BCUT2D eigenvalue weighted by Crippen LogP contribution is 2.23. The number of nitrogens with zero attached hydrogens (tertiary/aromatic N) is 2. The Morgan fingerprint density at radius 1 is 1.04 bits per heavy atom. The van der Waals surface area contributed by atoms with E-state index in [1.165, 1.54) is 0 Å². The zero-order valence-corrected chi connectivity index (χ0v) is 16.7. The van der Waals surface area contributed by atoms with E-state index in [9.17, 15) is 9.59 Å². The van der Waals surface area contributed by atoms with Gasteiger partial charge in [-0.05, 0) is 55.0 Å². The number of carbonyl (C=O) groups excluding carboxylic acids is 2. The van der Waals surface area contributed by atoms with Crippen molar-refractivity contribution in [3.05, 3.63) is 53.1 Å². The maximum absolute atomic E-state index is 12.0.